The van der Waals surface area contributed by atoms with Crippen LogP contribution in [0.4, 0.5) is 0 Å². The smallest absolute Gasteiger partial charge is 0.223 e. The van der Waals surface area contributed by atoms with Crippen molar-refractivity contribution in [2.45, 2.75) is 31.7 Å². The molecule has 1 aliphatic rings. The summed E-state index contributed by atoms with van der Waals surface area (Å²) in [6, 6.07) is 16.0. The van der Waals surface area contributed by atoms with Gasteiger partial charge < -0.3 is 14.6 Å². The first-order valence-corrected chi connectivity index (χ1v) is 9.11. The van der Waals surface area contributed by atoms with E-state index in [2.05, 4.69) is 4.98 Å². The van der Waals surface area contributed by atoms with E-state index in [1.54, 1.807) is 7.11 Å². The average Bonchev–Trinajstić information content (AvgIpc) is 3.32. The molecule has 0 bridgehead atoms. The molecule has 1 amide bonds. The van der Waals surface area contributed by atoms with E-state index in [9.17, 15) is 4.79 Å². The maximum absolute atomic E-state index is 12.8. The monoisotopic (exact) mass is 349 g/mol. The van der Waals surface area contributed by atoms with Gasteiger partial charge in [-0.25, -0.2) is 4.98 Å². The second kappa shape index (κ2) is 7.20. The lowest BCUT2D eigenvalue weighted by Crippen LogP contribution is -2.31. The van der Waals surface area contributed by atoms with Crippen molar-refractivity contribution in [3.63, 3.8) is 0 Å². The van der Waals surface area contributed by atoms with Crippen LogP contribution < -0.4 is 4.74 Å². The van der Waals surface area contributed by atoms with E-state index >= 15 is 0 Å². The molecular formula is C21H23N3O2. The third-order valence-electron chi connectivity index (χ3n) is 5.08. The van der Waals surface area contributed by atoms with Gasteiger partial charge in [0, 0.05) is 13.0 Å². The molecule has 0 unspecified atom stereocenters. The molecule has 0 saturated carbocycles. The Hall–Kier alpha value is -2.82. The minimum atomic E-state index is 0.0609. The highest BCUT2D eigenvalue weighted by molar-refractivity contribution is 5.78. The number of hydrogen-bond donors (Lipinski definition) is 1. The van der Waals surface area contributed by atoms with Crippen molar-refractivity contribution in [3.05, 3.63) is 59.9 Å². The predicted octanol–water partition coefficient (Wildman–Crippen LogP) is 3.87. The molecule has 2 aromatic carbocycles. The Morgan fingerprint density at radius 1 is 1.23 bits per heavy atom. The standard InChI is InChI=1S/C21H23N3O2/c1-26-16-11-8-15(9-12-16)10-13-20(25)24-14-4-7-19(24)21-22-17-5-2-3-6-18(17)23-21/h2-3,5-6,8-9,11-12,19H,4,7,10,13-14H2,1H3,(H,22,23)/t19-/m0/s1. The van der Waals surface area contributed by atoms with E-state index in [4.69, 9.17) is 9.72 Å². The van der Waals surface area contributed by atoms with Crippen LogP contribution in [0.1, 0.15) is 36.7 Å². The van der Waals surface area contributed by atoms with Gasteiger partial charge >= 0.3 is 0 Å². The molecule has 1 fully saturated rings. The van der Waals surface area contributed by atoms with Crippen molar-refractivity contribution in [1.82, 2.24) is 14.9 Å². The Morgan fingerprint density at radius 3 is 2.81 bits per heavy atom. The second-order valence-corrected chi connectivity index (χ2v) is 6.73. The molecule has 2 heterocycles. The Kier molecular flexibility index (Phi) is 4.61. The van der Waals surface area contributed by atoms with Crippen LogP contribution in [0.15, 0.2) is 48.5 Å². The summed E-state index contributed by atoms with van der Waals surface area (Å²) >= 11 is 0. The van der Waals surface area contributed by atoms with Gasteiger partial charge in [-0.3, -0.25) is 4.79 Å². The predicted molar refractivity (Wildman–Crippen MR) is 101 cm³/mol. The quantitative estimate of drug-likeness (QED) is 0.761. The molecule has 1 saturated heterocycles. The highest BCUT2D eigenvalue weighted by Gasteiger charge is 2.31. The number of benzene rings is 2. The van der Waals surface area contributed by atoms with Crippen molar-refractivity contribution in [1.29, 1.82) is 0 Å². The molecule has 5 heteroatoms. The molecule has 0 radical (unpaired) electrons. The van der Waals surface area contributed by atoms with Crippen LogP contribution in [-0.2, 0) is 11.2 Å². The summed E-state index contributed by atoms with van der Waals surface area (Å²) in [4.78, 5) is 22.9. The highest BCUT2D eigenvalue weighted by Crippen LogP contribution is 2.32. The maximum Gasteiger partial charge on any atom is 0.223 e. The Labute approximate surface area is 153 Å². The number of fused-ring (bicyclic) bond motifs is 1. The van der Waals surface area contributed by atoms with Crippen LogP contribution in [0.25, 0.3) is 11.0 Å². The van der Waals surface area contributed by atoms with Gasteiger partial charge in [0.25, 0.3) is 0 Å². The van der Waals surface area contributed by atoms with E-state index in [1.807, 2.05) is 53.4 Å². The number of nitrogens with one attached hydrogen (secondary N) is 1. The molecule has 3 aromatic rings. The number of rotatable bonds is 5. The number of aryl methyl sites for hydroxylation is 1. The third kappa shape index (κ3) is 3.29. The number of nitrogens with zero attached hydrogens (tertiary/aromatic N) is 2. The minimum Gasteiger partial charge on any atom is -0.497 e. The van der Waals surface area contributed by atoms with Gasteiger partial charge in [-0.15, -0.1) is 0 Å². The summed E-state index contributed by atoms with van der Waals surface area (Å²) in [6.07, 6.45) is 3.25. The molecule has 0 spiro atoms. The van der Waals surface area contributed by atoms with Crippen LogP contribution >= 0.6 is 0 Å². The van der Waals surface area contributed by atoms with Gasteiger partial charge in [0.05, 0.1) is 24.2 Å². The number of aromatic nitrogens is 2. The summed E-state index contributed by atoms with van der Waals surface area (Å²) in [5.74, 6) is 1.94. The van der Waals surface area contributed by atoms with Gasteiger partial charge in [-0.05, 0) is 49.1 Å². The van der Waals surface area contributed by atoms with Gasteiger partial charge in [0.2, 0.25) is 5.91 Å². The van der Waals surface area contributed by atoms with Gasteiger partial charge in [-0.2, -0.15) is 0 Å². The fourth-order valence-electron chi connectivity index (χ4n) is 3.67. The van der Waals surface area contributed by atoms with E-state index in [1.165, 1.54) is 0 Å². The first-order valence-electron chi connectivity index (χ1n) is 9.11. The van der Waals surface area contributed by atoms with E-state index in [-0.39, 0.29) is 11.9 Å². The number of hydrogen-bond acceptors (Lipinski definition) is 3. The molecule has 0 aliphatic carbocycles. The average molecular weight is 349 g/mol. The van der Waals surface area contributed by atoms with Gasteiger partial charge in [0.15, 0.2) is 0 Å². The zero-order chi connectivity index (χ0) is 17.9. The van der Waals surface area contributed by atoms with Gasteiger partial charge in [0.1, 0.15) is 11.6 Å². The SMILES string of the molecule is COc1ccc(CCC(=O)N2CCC[C@H]2c2nc3ccccc3[nH]2)cc1. The number of para-hydroxylation sites is 2. The lowest BCUT2D eigenvalue weighted by Gasteiger charge is -2.23. The Bertz CT molecular complexity index is 868. The topological polar surface area (TPSA) is 58.2 Å². The van der Waals surface area contributed by atoms with Crippen LogP contribution in [0.5, 0.6) is 5.75 Å². The molecule has 1 aromatic heterocycles. The number of aromatic amines is 1. The lowest BCUT2D eigenvalue weighted by atomic mass is 10.1. The molecule has 4 rings (SSSR count). The first-order chi connectivity index (χ1) is 12.7. The first kappa shape index (κ1) is 16.6. The molecule has 5 nitrogen and oxygen atoms in total. The van der Waals surface area contributed by atoms with Crippen molar-refractivity contribution in [2.75, 3.05) is 13.7 Å². The highest BCUT2D eigenvalue weighted by atomic mass is 16.5. The van der Waals surface area contributed by atoms with E-state index in [0.29, 0.717) is 6.42 Å². The van der Waals surface area contributed by atoms with E-state index < -0.39 is 0 Å². The number of carbonyl (C=O) groups is 1. The summed E-state index contributed by atoms with van der Waals surface area (Å²) in [5, 5.41) is 0. The second-order valence-electron chi connectivity index (χ2n) is 6.73. The number of H-pyrrole nitrogens is 1. The Balaban J connectivity index is 1.44. The number of methoxy groups -OCH3 is 1. The largest absolute Gasteiger partial charge is 0.497 e. The molecule has 1 atom stereocenters. The zero-order valence-electron chi connectivity index (χ0n) is 14.9. The Morgan fingerprint density at radius 2 is 2.04 bits per heavy atom. The fourth-order valence-corrected chi connectivity index (χ4v) is 3.67. The minimum absolute atomic E-state index is 0.0609. The van der Waals surface area contributed by atoms with Gasteiger partial charge in [-0.1, -0.05) is 24.3 Å². The van der Waals surface area contributed by atoms with Crippen molar-refractivity contribution >= 4 is 16.9 Å². The van der Waals surface area contributed by atoms with Crippen LogP contribution in [0.2, 0.25) is 0 Å². The number of carbonyl (C=O) groups excluding carboxylic acids is 1. The molecule has 26 heavy (non-hydrogen) atoms. The van der Waals surface area contributed by atoms with Crippen molar-refractivity contribution in [2.24, 2.45) is 0 Å². The third-order valence-corrected chi connectivity index (χ3v) is 5.08. The number of ether oxygens (including phenoxy) is 1. The summed E-state index contributed by atoms with van der Waals surface area (Å²) in [6.45, 7) is 0.809. The van der Waals surface area contributed by atoms with Crippen molar-refractivity contribution < 1.29 is 9.53 Å². The van der Waals surface area contributed by atoms with Crippen LogP contribution in [0.3, 0.4) is 0 Å². The number of imidazole rings is 1. The fraction of sp³-hybridized carbons (Fsp3) is 0.333. The number of likely N-dealkylation sites (tertiary alicyclic amines) is 1. The van der Waals surface area contributed by atoms with E-state index in [0.717, 1.165) is 54.0 Å². The lowest BCUT2D eigenvalue weighted by molar-refractivity contribution is -0.132. The molecule has 1 aliphatic heterocycles. The summed E-state index contributed by atoms with van der Waals surface area (Å²) in [7, 11) is 1.66. The maximum atomic E-state index is 12.8. The normalized spacial score (nSPS) is 17.0. The molecule has 1 N–H and O–H groups in total. The number of amides is 1. The summed E-state index contributed by atoms with van der Waals surface area (Å²) < 4.78 is 5.18. The van der Waals surface area contributed by atoms with Crippen LogP contribution in [-0.4, -0.2) is 34.4 Å². The zero-order valence-corrected chi connectivity index (χ0v) is 14.9. The summed E-state index contributed by atoms with van der Waals surface area (Å²) in [5.41, 5.74) is 3.14. The van der Waals surface area contributed by atoms with Crippen molar-refractivity contribution in [3.8, 4) is 5.75 Å². The molecular weight excluding hydrogens is 326 g/mol. The molecule has 134 valence electrons. The van der Waals surface area contributed by atoms with Crippen LogP contribution in [0, 0.1) is 0 Å².